The van der Waals surface area contributed by atoms with Crippen LogP contribution >= 0.6 is 0 Å². The van der Waals surface area contributed by atoms with Gasteiger partial charge in [-0.1, -0.05) is 55.4 Å². The highest BCUT2D eigenvalue weighted by atomic mass is 16.5. The molecule has 2 aromatic carbocycles. The molecule has 2 N–H and O–H groups in total. The van der Waals surface area contributed by atoms with E-state index in [4.69, 9.17) is 4.74 Å². The number of anilines is 2. The van der Waals surface area contributed by atoms with Gasteiger partial charge in [-0.25, -0.2) is 4.68 Å². The van der Waals surface area contributed by atoms with E-state index in [9.17, 15) is 4.79 Å². The summed E-state index contributed by atoms with van der Waals surface area (Å²) < 4.78 is 7.38. The van der Waals surface area contributed by atoms with Crippen molar-refractivity contribution in [2.24, 2.45) is 5.92 Å². The van der Waals surface area contributed by atoms with Crippen LogP contribution in [-0.2, 0) is 4.79 Å². The van der Waals surface area contributed by atoms with Gasteiger partial charge >= 0.3 is 0 Å². The molecule has 154 valence electrons. The van der Waals surface area contributed by atoms with Crippen LogP contribution in [0.4, 0.5) is 11.6 Å². The lowest BCUT2D eigenvalue weighted by Gasteiger charge is -2.33. The van der Waals surface area contributed by atoms with Crippen molar-refractivity contribution < 1.29 is 9.53 Å². The Kier molecular flexibility index (Phi) is 5.74. The molecular formula is C22H24N6O2. The molecular weight excluding hydrogens is 380 g/mol. The minimum absolute atomic E-state index is 0.187. The summed E-state index contributed by atoms with van der Waals surface area (Å²) in [5, 5.41) is 17.9. The molecule has 0 saturated carbocycles. The maximum absolute atomic E-state index is 13.2. The standard InChI is InChI=1S/C22H24N6O2/c1-3-4-14-30-18-12-10-16(11-13-18)20-19(15(2)23-22-25-26-27-28(20)22)21(29)24-17-8-6-5-7-9-17/h5-13,19-20H,2-4,14H2,1H3,(H,24,29)(H,23,25,27)/t19-,20+/m0/s1. The van der Waals surface area contributed by atoms with E-state index in [0.29, 0.717) is 18.3 Å². The fourth-order valence-corrected chi connectivity index (χ4v) is 3.49. The van der Waals surface area contributed by atoms with Crippen LogP contribution < -0.4 is 15.4 Å². The van der Waals surface area contributed by atoms with E-state index < -0.39 is 12.0 Å². The highest BCUT2D eigenvalue weighted by Gasteiger charge is 2.40. The second kappa shape index (κ2) is 8.77. The van der Waals surface area contributed by atoms with E-state index in [2.05, 4.69) is 39.7 Å². The minimum atomic E-state index is -0.604. The van der Waals surface area contributed by atoms with Crippen molar-refractivity contribution in [3.8, 4) is 5.75 Å². The molecule has 2 atom stereocenters. The average molecular weight is 404 g/mol. The fourth-order valence-electron chi connectivity index (χ4n) is 3.49. The Bertz CT molecular complexity index is 1020. The van der Waals surface area contributed by atoms with Gasteiger partial charge in [0.25, 0.3) is 0 Å². The van der Waals surface area contributed by atoms with E-state index in [1.165, 1.54) is 0 Å². The molecule has 4 rings (SSSR count). The molecule has 1 aliphatic heterocycles. The second-order valence-electron chi connectivity index (χ2n) is 7.15. The molecule has 1 amide bonds. The molecule has 1 aliphatic rings. The summed E-state index contributed by atoms with van der Waals surface area (Å²) in [7, 11) is 0. The molecule has 2 heterocycles. The topological polar surface area (TPSA) is 94.0 Å². The van der Waals surface area contributed by atoms with Gasteiger partial charge in [0.15, 0.2) is 0 Å². The van der Waals surface area contributed by atoms with Crippen LogP contribution in [0.2, 0.25) is 0 Å². The summed E-state index contributed by atoms with van der Waals surface area (Å²) in [6, 6.07) is 16.6. The normalized spacial score (nSPS) is 17.7. The molecule has 0 unspecified atom stereocenters. The quantitative estimate of drug-likeness (QED) is 0.584. The Morgan fingerprint density at radius 1 is 1.20 bits per heavy atom. The van der Waals surface area contributed by atoms with Gasteiger partial charge < -0.3 is 15.4 Å². The molecule has 0 saturated heterocycles. The highest BCUT2D eigenvalue weighted by Crippen LogP contribution is 2.37. The molecule has 8 heteroatoms. The second-order valence-corrected chi connectivity index (χ2v) is 7.15. The van der Waals surface area contributed by atoms with Gasteiger partial charge in [-0.05, 0) is 46.7 Å². The molecule has 3 aromatic rings. The summed E-state index contributed by atoms with van der Waals surface area (Å²) in [6.07, 6.45) is 2.08. The van der Waals surface area contributed by atoms with Gasteiger partial charge in [0, 0.05) is 11.4 Å². The number of nitrogens with zero attached hydrogens (tertiary/aromatic N) is 4. The van der Waals surface area contributed by atoms with Crippen LogP contribution in [0.3, 0.4) is 0 Å². The van der Waals surface area contributed by atoms with Gasteiger partial charge in [-0.2, -0.15) is 0 Å². The molecule has 0 bridgehead atoms. The van der Waals surface area contributed by atoms with Gasteiger partial charge in [-0.3, -0.25) is 4.79 Å². The first-order valence-corrected chi connectivity index (χ1v) is 9.99. The third-order valence-corrected chi connectivity index (χ3v) is 5.03. The summed E-state index contributed by atoms with van der Waals surface area (Å²) in [6.45, 7) is 6.88. The summed E-state index contributed by atoms with van der Waals surface area (Å²) in [4.78, 5) is 13.2. The number of tetrazole rings is 1. The summed E-state index contributed by atoms with van der Waals surface area (Å²) in [5.74, 6) is 0.459. The van der Waals surface area contributed by atoms with Crippen LogP contribution in [-0.4, -0.2) is 32.7 Å². The van der Waals surface area contributed by atoms with Crippen LogP contribution in [0.25, 0.3) is 0 Å². The van der Waals surface area contributed by atoms with Crippen molar-refractivity contribution in [1.29, 1.82) is 0 Å². The lowest BCUT2D eigenvalue weighted by molar-refractivity contribution is -0.119. The van der Waals surface area contributed by atoms with Gasteiger partial charge in [-0.15, -0.1) is 0 Å². The van der Waals surface area contributed by atoms with E-state index in [1.54, 1.807) is 4.68 Å². The van der Waals surface area contributed by atoms with Crippen molar-refractivity contribution in [2.45, 2.75) is 25.8 Å². The highest BCUT2D eigenvalue weighted by molar-refractivity contribution is 5.95. The Morgan fingerprint density at radius 2 is 1.97 bits per heavy atom. The molecule has 0 spiro atoms. The number of hydrogen-bond donors (Lipinski definition) is 2. The molecule has 0 aliphatic carbocycles. The summed E-state index contributed by atoms with van der Waals surface area (Å²) >= 11 is 0. The van der Waals surface area contributed by atoms with Crippen molar-refractivity contribution in [3.05, 3.63) is 72.4 Å². The molecule has 8 nitrogen and oxygen atoms in total. The predicted octanol–water partition coefficient (Wildman–Crippen LogP) is 3.64. The van der Waals surface area contributed by atoms with E-state index in [-0.39, 0.29) is 5.91 Å². The van der Waals surface area contributed by atoms with Crippen LogP contribution in [0.15, 0.2) is 66.9 Å². The number of fused-ring (bicyclic) bond motifs is 1. The zero-order chi connectivity index (χ0) is 20.9. The van der Waals surface area contributed by atoms with Crippen molar-refractivity contribution in [2.75, 3.05) is 17.2 Å². The number of hydrogen-bond acceptors (Lipinski definition) is 6. The Hall–Kier alpha value is -3.68. The van der Waals surface area contributed by atoms with Crippen LogP contribution in [0.1, 0.15) is 31.4 Å². The lowest BCUT2D eigenvalue weighted by atomic mass is 9.88. The number of para-hydroxylation sites is 1. The van der Waals surface area contributed by atoms with E-state index >= 15 is 0 Å². The number of aromatic nitrogens is 4. The number of benzene rings is 2. The monoisotopic (exact) mass is 404 g/mol. The first kappa shape index (κ1) is 19.6. The molecule has 1 aromatic heterocycles. The first-order valence-electron chi connectivity index (χ1n) is 9.99. The zero-order valence-corrected chi connectivity index (χ0v) is 16.8. The van der Waals surface area contributed by atoms with E-state index in [1.807, 2.05) is 54.6 Å². The van der Waals surface area contributed by atoms with Crippen molar-refractivity contribution >= 4 is 17.5 Å². The van der Waals surface area contributed by atoms with Crippen molar-refractivity contribution in [1.82, 2.24) is 20.2 Å². The number of carbonyl (C=O) groups is 1. The maximum Gasteiger partial charge on any atom is 0.247 e. The van der Waals surface area contributed by atoms with Crippen LogP contribution in [0.5, 0.6) is 5.75 Å². The first-order chi connectivity index (χ1) is 14.7. The third-order valence-electron chi connectivity index (χ3n) is 5.03. The smallest absolute Gasteiger partial charge is 0.247 e. The third kappa shape index (κ3) is 4.03. The van der Waals surface area contributed by atoms with Gasteiger partial charge in [0.05, 0.1) is 12.6 Å². The Labute approximate surface area is 174 Å². The number of unbranched alkanes of at least 4 members (excludes halogenated alkanes) is 1. The zero-order valence-electron chi connectivity index (χ0n) is 16.8. The van der Waals surface area contributed by atoms with Gasteiger partial charge in [0.1, 0.15) is 11.7 Å². The Morgan fingerprint density at radius 3 is 2.70 bits per heavy atom. The predicted molar refractivity (Wildman–Crippen MR) is 114 cm³/mol. The van der Waals surface area contributed by atoms with E-state index in [0.717, 1.165) is 29.8 Å². The minimum Gasteiger partial charge on any atom is -0.494 e. The van der Waals surface area contributed by atoms with Crippen LogP contribution in [0, 0.1) is 5.92 Å². The molecule has 0 radical (unpaired) electrons. The number of carbonyl (C=O) groups excluding carboxylic acids is 1. The largest absolute Gasteiger partial charge is 0.494 e. The number of amides is 1. The molecule has 0 fully saturated rings. The van der Waals surface area contributed by atoms with Crippen molar-refractivity contribution in [3.63, 3.8) is 0 Å². The van der Waals surface area contributed by atoms with Gasteiger partial charge in [0.2, 0.25) is 11.9 Å². The number of rotatable bonds is 7. The molecule has 30 heavy (non-hydrogen) atoms. The summed E-state index contributed by atoms with van der Waals surface area (Å²) in [5.41, 5.74) is 2.15. The SMILES string of the molecule is C=C1Nc2nnnn2[C@H](c2ccc(OCCCC)cc2)[C@H]1C(=O)Nc1ccccc1. The average Bonchev–Trinajstić information content (AvgIpc) is 3.22. The Balaban J connectivity index is 1.63. The lowest BCUT2D eigenvalue weighted by Crippen LogP contribution is -2.39. The maximum atomic E-state index is 13.2. The number of ether oxygens (including phenoxy) is 1. The number of nitrogens with one attached hydrogen (secondary N) is 2. The fraction of sp³-hybridized carbons (Fsp3) is 0.273.